The number of carbonyl (C=O) groups excluding carboxylic acids is 2. The lowest BCUT2D eigenvalue weighted by molar-refractivity contribution is -0.145. The van der Waals surface area contributed by atoms with Crippen LogP contribution in [0.15, 0.2) is 18.2 Å². The predicted octanol–water partition coefficient (Wildman–Crippen LogP) is 2.38. The number of halogens is 1. The quantitative estimate of drug-likeness (QED) is 0.591. The van der Waals surface area contributed by atoms with Crippen LogP contribution in [0.2, 0.25) is 0 Å². The summed E-state index contributed by atoms with van der Waals surface area (Å²) in [6.45, 7) is 2.62. The van der Waals surface area contributed by atoms with Crippen LogP contribution in [0.25, 0.3) is 0 Å². The molecule has 1 unspecified atom stereocenters. The predicted molar refractivity (Wildman–Crippen MR) is 80.0 cm³/mol. The van der Waals surface area contributed by atoms with Crippen molar-refractivity contribution in [2.45, 2.75) is 25.8 Å². The van der Waals surface area contributed by atoms with E-state index < -0.39 is 6.04 Å². The van der Waals surface area contributed by atoms with Crippen LogP contribution in [0.3, 0.4) is 0 Å². The van der Waals surface area contributed by atoms with Gasteiger partial charge in [0.15, 0.2) is 0 Å². The van der Waals surface area contributed by atoms with E-state index >= 15 is 0 Å². The number of nitrogens with zero attached hydrogens (tertiary/aromatic N) is 1. The van der Waals surface area contributed by atoms with E-state index in [0.29, 0.717) is 18.5 Å². The van der Waals surface area contributed by atoms with Crippen LogP contribution in [0.5, 0.6) is 0 Å². The summed E-state index contributed by atoms with van der Waals surface area (Å²) in [5.74, 6) is -0.418. The van der Waals surface area contributed by atoms with Gasteiger partial charge in [-0.2, -0.15) is 0 Å². The van der Waals surface area contributed by atoms with Crippen LogP contribution in [-0.2, 0) is 9.53 Å². The molecule has 1 saturated heterocycles. The smallest absolute Gasteiger partial charge is 0.328 e. The van der Waals surface area contributed by atoms with Gasteiger partial charge in [-0.15, -0.1) is 0 Å². The van der Waals surface area contributed by atoms with Crippen LogP contribution in [0, 0.1) is 10.5 Å². The number of hydrogen-bond acceptors (Lipinski definition) is 3. The fourth-order valence-electron chi connectivity index (χ4n) is 2.28. The maximum Gasteiger partial charge on any atom is 0.328 e. The lowest BCUT2D eigenvalue weighted by Crippen LogP contribution is -2.41. The number of amides is 1. The zero-order valence-corrected chi connectivity index (χ0v) is 13.1. The molecule has 0 aliphatic carbocycles. The molecule has 0 bridgehead atoms. The van der Waals surface area contributed by atoms with Gasteiger partial charge in [0.2, 0.25) is 0 Å². The SMILES string of the molecule is COC(=O)C1CCCN1C(=O)c1ccc(C)c(I)c1. The largest absolute Gasteiger partial charge is 0.467 e. The minimum Gasteiger partial charge on any atom is -0.467 e. The van der Waals surface area contributed by atoms with Gasteiger partial charge >= 0.3 is 5.97 Å². The van der Waals surface area contributed by atoms with E-state index in [2.05, 4.69) is 22.6 Å². The van der Waals surface area contributed by atoms with Gasteiger partial charge in [0.25, 0.3) is 5.91 Å². The Morgan fingerprint density at radius 2 is 2.16 bits per heavy atom. The first-order valence-electron chi connectivity index (χ1n) is 6.19. The molecule has 1 atom stereocenters. The van der Waals surface area contributed by atoms with Crippen LogP contribution < -0.4 is 0 Å². The molecule has 2 rings (SSSR count). The number of hydrogen-bond donors (Lipinski definition) is 0. The Balaban J connectivity index is 2.23. The normalized spacial score (nSPS) is 18.5. The third-order valence-electron chi connectivity index (χ3n) is 3.41. The van der Waals surface area contributed by atoms with E-state index in [1.807, 2.05) is 25.1 Å². The molecule has 5 heteroatoms. The number of aryl methyl sites for hydroxylation is 1. The Hall–Kier alpha value is -1.11. The molecule has 1 aromatic carbocycles. The van der Waals surface area contributed by atoms with Crippen molar-refractivity contribution >= 4 is 34.5 Å². The minimum absolute atomic E-state index is 0.0918. The van der Waals surface area contributed by atoms with Crippen molar-refractivity contribution in [3.63, 3.8) is 0 Å². The third-order valence-corrected chi connectivity index (χ3v) is 4.57. The summed E-state index contributed by atoms with van der Waals surface area (Å²) in [5.41, 5.74) is 1.77. The van der Waals surface area contributed by atoms with E-state index in [4.69, 9.17) is 4.74 Å². The summed E-state index contributed by atoms with van der Waals surface area (Å²) < 4.78 is 5.81. The molecule has 19 heavy (non-hydrogen) atoms. The van der Waals surface area contributed by atoms with Gasteiger partial charge in [-0.3, -0.25) is 4.79 Å². The van der Waals surface area contributed by atoms with Crippen molar-refractivity contribution in [1.29, 1.82) is 0 Å². The van der Waals surface area contributed by atoms with E-state index in [1.165, 1.54) is 7.11 Å². The zero-order valence-electron chi connectivity index (χ0n) is 11.0. The van der Waals surface area contributed by atoms with E-state index in [-0.39, 0.29) is 11.9 Å². The molecule has 0 radical (unpaired) electrons. The van der Waals surface area contributed by atoms with Gasteiger partial charge in [0.05, 0.1) is 7.11 Å². The average molecular weight is 373 g/mol. The average Bonchev–Trinajstić information content (AvgIpc) is 2.89. The van der Waals surface area contributed by atoms with Crippen molar-refractivity contribution in [3.8, 4) is 0 Å². The Morgan fingerprint density at radius 1 is 1.42 bits per heavy atom. The number of benzene rings is 1. The summed E-state index contributed by atoms with van der Waals surface area (Å²) in [7, 11) is 1.36. The molecular formula is C14H16INO3. The second kappa shape index (κ2) is 5.90. The molecule has 1 fully saturated rings. The van der Waals surface area contributed by atoms with Crippen molar-refractivity contribution in [3.05, 3.63) is 32.9 Å². The zero-order chi connectivity index (χ0) is 14.0. The number of ether oxygens (including phenoxy) is 1. The Bertz CT molecular complexity index is 515. The third kappa shape index (κ3) is 2.91. The van der Waals surface area contributed by atoms with Crippen molar-refractivity contribution in [1.82, 2.24) is 4.90 Å². The second-order valence-corrected chi connectivity index (χ2v) is 5.81. The van der Waals surface area contributed by atoms with Crippen molar-refractivity contribution in [2.24, 2.45) is 0 Å². The highest BCUT2D eigenvalue weighted by Crippen LogP contribution is 2.22. The highest BCUT2D eigenvalue weighted by molar-refractivity contribution is 14.1. The number of esters is 1. The molecule has 0 N–H and O–H groups in total. The van der Waals surface area contributed by atoms with Gasteiger partial charge in [0.1, 0.15) is 6.04 Å². The van der Waals surface area contributed by atoms with Crippen molar-refractivity contribution in [2.75, 3.05) is 13.7 Å². The molecule has 0 spiro atoms. The molecule has 1 amide bonds. The topological polar surface area (TPSA) is 46.6 Å². The maximum absolute atomic E-state index is 12.5. The molecule has 1 heterocycles. The maximum atomic E-state index is 12.5. The van der Waals surface area contributed by atoms with Gasteiger partial charge in [-0.1, -0.05) is 6.07 Å². The lowest BCUT2D eigenvalue weighted by atomic mass is 10.1. The fraction of sp³-hybridized carbons (Fsp3) is 0.429. The number of carbonyl (C=O) groups is 2. The molecule has 1 aliphatic rings. The van der Waals surface area contributed by atoms with Crippen LogP contribution in [-0.4, -0.2) is 36.5 Å². The number of methoxy groups -OCH3 is 1. The Labute approximate surface area is 126 Å². The van der Waals surface area contributed by atoms with Gasteiger partial charge in [0, 0.05) is 15.7 Å². The van der Waals surface area contributed by atoms with Crippen LogP contribution in [0.1, 0.15) is 28.8 Å². The lowest BCUT2D eigenvalue weighted by Gasteiger charge is -2.22. The van der Waals surface area contributed by atoms with Crippen molar-refractivity contribution < 1.29 is 14.3 Å². The first-order chi connectivity index (χ1) is 9.04. The molecule has 1 aromatic rings. The second-order valence-electron chi connectivity index (χ2n) is 4.64. The molecule has 4 nitrogen and oxygen atoms in total. The molecule has 0 saturated carbocycles. The number of rotatable bonds is 2. The molecule has 1 aliphatic heterocycles. The number of likely N-dealkylation sites (tertiary alicyclic amines) is 1. The standard InChI is InChI=1S/C14H16INO3/c1-9-5-6-10(8-11(9)15)13(17)16-7-3-4-12(16)14(18)19-2/h5-6,8,12H,3-4,7H2,1-2H3. The van der Waals surface area contributed by atoms with E-state index in [0.717, 1.165) is 15.6 Å². The first kappa shape index (κ1) is 14.3. The van der Waals surface area contributed by atoms with Gasteiger partial charge < -0.3 is 9.64 Å². The van der Waals surface area contributed by atoms with Crippen LogP contribution in [0.4, 0.5) is 0 Å². The first-order valence-corrected chi connectivity index (χ1v) is 7.27. The molecule has 0 aromatic heterocycles. The van der Waals surface area contributed by atoms with E-state index in [9.17, 15) is 9.59 Å². The summed E-state index contributed by atoms with van der Waals surface area (Å²) in [6.07, 6.45) is 1.52. The molecular weight excluding hydrogens is 357 g/mol. The van der Waals surface area contributed by atoms with E-state index in [1.54, 1.807) is 4.90 Å². The summed E-state index contributed by atoms with van der Waals surface area (Å²) >= 11 is 2.21. The van der Waals surface area contributed by atoms with Gasteiger partial charge in [-0.25, -0.2) is 4.79 Å². The van der Waals surface area contributed by atoms with Crippen LogP contribution >= 0.6 is 22.6 Å². The highest BCUT2D eigenvalue weighted by atomic mass is 127. The highest BCUT2D eigenvalue weighted by Gasteiger charge is 2.35. The Morgan fingerprint density at radius 3 is 2.79 bits per heavy atom. The summed E-state index contributed by atoms with van der Waals surface area (Å²) in [4.78, 5) is 25.7. The summed E-state index contributed by atoms with van der Waals surface area (Å²) in [6, 6.07) is 5.17. The minimum atomic E-state index is -0.434. The Kier molecular flexibility index (Phi) is 4.44. The fourth-order valence-corrected chi connectivity index (χ4v) is 2.80. The summed E-state index contributed by atoms with van der Waals surface area (Å²) in [5, 5.41) is 0. The molecule has 102 valence electrons. The van der Waals surface area contributed by atoms with Gasteiger partial charge in [-0.05, 0) is 60.1 Å². The monoisotopic (exact) mass is 373 g/mol.